The molecular weight excluding hydrogens is 174 g/mol. The molecule has 1 aromatic heterocycles. The van der Waals surface area contributed by atoms with Crippen LogP contribution < -0.4 is 11.2 Å². The number of hydrogen-bond acceptors (Lipinski definition) is 3. The van der Waals surface area contributed by atoms with Gasteiger partial charge in [-0.3, -0.25) is 5.43 Å². The lowest BCUT2D eigenvalue weighted by atomic mass is 10.4. The number of nitrogens with one attached hydrogen (secondary N) is 1. The molecule has 0 spiro atoms. The average molecular weight is 183 g/mol. The van der Waals surface area contributed by atoms with E-state index in [0.717, 1.165) is 5.76 Å². The zero-order valence-electron chi connectivity index (χ0n) is 6.57. The quantitative estimate of drug-likeness (QED) is 0.403. The van der Waals surface area contributed by atoms with Crippen LogP contribution in [0.1, 0.15) is 11.5 Å². The second kappa shape index (κ2) is 3.87. The lowest BCUT2D eigenvalue weighted by Gasteiger charge is -1.91. The van der Waals surface area contributed by atoms with E-state index >= 15 is 0 Å². The molecule has 1 heterocycles. The molecule has 0 aromatic carbocycles. The van der Waals surface area contributed by atoms with Crippen molar-refractivity contribution >= 4 is 23.5 Å². The SMILES string of the molecule is Cc1ccc(/C=N\NC(N)=S)o1. The van der Waals surface area contributed by atoms with E-state index in [1.165, 1.54) is 6.21 Å². The van der Waals surface area contributed by atoms with Crippen molar-refractivity contribution in [3.63, 3.8) is 0 Å². The fourth-order valence-corrected chi connectivity index (χ4v) is 0.735. The predicted octanol–water partition coefficient (Wildman–Crippen LogP) is 0.755. The first-order valence-corrected chi connectivity index (χ1v) is 3.74. The Labute approximate surface area is 75.4 Å². The Hall–Kier alpha value is -1.36. The summed E-state index contributed by atoms with van der Waals surface area (Å²) in [6, 6.07) is 3.65. The van der Waals surface area contributed by atoms with E-state index in [9.17, 15) is 0 Å². The number of aryl methyl sites for hydroxylation is 1. The van der Waals surface area contributed by atoms with Crippen molar-refractivity contribution in [2.75, 3.05) is 0 Å². The highest BCUT2D eigenvalue weighted by Crippen LogP contribution is 2.02. The van der Waals surface area contributed by atoms with Gasteiger partial charge in [0.2, 0.25) is 0 Å². The Bertz CT molecular complexity index is 305. The summed E-state index contributed by atoms with van der Waals surface area (Å²) in [5, 5.41) is 3.85. The van der Waals surface area contributed by atoms with E-state index in [1.807, 2.05) is 13.0 Å². The van der Waals surface area contributed by atoms with Gasteiger partial charge in [0.25, 0.3) is 0 Å². The van der Waals surface area contributed by atoms with Crippen LogP contribution in [0.2, 0.25) is 0 Å². The lowest BCUT2D eigenvalue weighted by molar-refractivity contribution is 0.527. The minimum atomic E-state index is 0.134. The summed E-state index contributed by atoms with van der Waals surface area (Å²) in [5.74, 6) is 1.50. The van der Waals surface area contributed by atoms with Gasteiger partial charge in [-0.25, -0.2) is 0 Å². The summed E-state index contributed by atoms with van der Waals surface area (Å²) < 4.78 is 5.19. The first-order valence-electron chi connectivity index (χ1n) is 3.33. The minimum Gasteiger partial charge on any atom is -0.460 e. The fraction of sp³-hybridized carbons (Fsp3) is 0.143. The standard InChI is InChI=1S/C7H9N3OS/c1-5-2-3-6(11-5)4-9-10-7(8)12/h2-4H,1H3,(H3,8,10,12)/b9-4-. The Morgan fingerprint density at radius 1 is 1.75 bits per heavy atom. The Kier molecular flexibility index (Phi) is 2.82. The van der Waals surface area contributed by atoms with Gasteiger partial charge >= 0.3 is 0 Å². The predicted molar refractivity (Wildman–Crippen MR) is 51.0 cm³/mol. The van der Waals surface area contributed by atoms with Gasteiger partial charge in [0.15, 0.2) is 5.11 Å². The zero-order valence-corrected chi connectivity index (χ0v) is 7.39. The van der Waals surface area contributed by atoms with E-state index in [-0.39, 0.29) is 5.11 Å². The zero-order chi connectivity index (χ0) is 8.97. The monoisotopic (exact) mass is 183 g/mol. The van der Waals surface area contributed by atoms with Crippen LogP contribution in [0.25, 0.3) is 0 Å². The molecule has 0 radical (unpaired) electrons. The largest absolute Gasteiger partial charge is 0.460 e. The molecule has 0 saturated carbocycles. The third kappa shape index (κ3) is 2.71. The molecule has 0 atom stereocenters. The molecule has 0 bridgehead atoms. The van der Waals surface area contributed by atoms with Gasteiger partial charge in [-0.1, -0.05) is 0 Å². The summed E-state index contributed by atoms with van der Waals surface area (Å²) in [6.07, 6.45) is 1.51. The lowest BCUT2D eigenvalue weighted by Crippen LogP contribution is -2.23. The molecule has 0 saturated heterocycles. The molecule has 3 N–H and O–H groups in total. The average Bonchev–Trinajstić information content (AvgIpc) is 2.35. The van der Waals surface area contributed by atoms with E-state index < -0.39 is 0 Å². The van der Waals surface area contributed by atoms with Crippen LogP contribution in [0.4, 0.5) is 0 Å². The van der Waals surface area contributed by atoms with E-state index in [2.05, 4.69) is 22.7 Å². The highest BCUT2D eigenvalue weighted by atomic mass is 32.1. The van der Waals surface area contributed by atoms with Crippen molar-refractivity contribution in [1.82, 2.24) is 5.43 Å². The van der Waals surface area contributed by atoms with Gasteiger partial charge in [-0.2, -0.15) is 5.10 Å². The van der Waals surface area contributed by atoms with Crippen LogP contribution in [0.3, 0.4) is 0 Å². The summed E-state index contributed by atoms with van der Waals surface area (Å²) in [4.78, 5) is 0. The molecular formula is C7H9N3OS. The summed E-state index contributed by atoms with van der Waals surface area (Å²) in [7, 11) is 0. The van der Waals surface area contributed by atoms with Crippen molar-refractivity contribution in [2.24, 2.45) is 10.8 Å². The molecule has 4 nitrogen and oxygen atoms in total. The number of nitrogens with zero attached hydrogens (tertiary/aromatic N) is 1. The molecule has 12 heavy (non-hydrogen) atoms. The van der Waals surface area contributed by atoms with Gasteiger partial charge in [0.1, 0.15) is 11.5 Å². The third-order valence-corrected chi connectivity index (χ3v) is 1.22. The van der Waals surface area contributed by atoms with Crippen LogP contribution in [-0.2, 0) is 0 Å². The maximum atomic E-state index is 5.19. The smallest absolute Gasteiger partial charge is 0.184 e. The van der Waals surface area contributed by atoms with Crippen molar-refractivity contribution < 1.29 is 4.42 Å². The van der Waals surface area contributed by atoms with E-state index in [0.29, 0.717) is 5.76 Å². The maximum absolute atomic E-state index is 5.19. The molecule has 5 heteroatoms. The fourth-order valence-electron chi connectivity index (χ4n) is 0.682. The van der Waals surface area contributed by atoms with Crippen molar-refractivity contribution in [3.05, 3.63) is 23.7 Å². The number of hydrazone groups is 1. The van der Waals surface area contributed by atoms with Gasteiger partial charge in [-0.15, -0.1) is 0 Å². The normalized spacial score (nSPS) is 10.4. The molecule has 0 amide bonds. The summed E-state index contributed by atoms with van der Waals surface area (Å²) in [5.41, 5.74) is 7.56. The Balaban J connectivity index is 2.52. The van der Waals surface area contributed by atoms with Gasteiger partial charge in [0, 0.05) is 0 Å². The number of thiocarbonyl (C=S) groups is 1. The molecule has 0 fully saturated rings. The van der Waals surface area contributed by atoms with Crippen LogP contribution in [-0.4, -0.2) is 11.3 Å². The minimum absolute atomic E-state index is 0.134. The number of furan rings is 1. The number of nitrogens with two attached hydrogens (primary N) is 1. The van der Waals surface area contributed by atoms with E-state index in [4.69, 9.17) is 10.2 Å². The molecule has 0 unspecified atom stereocenters. The molecule has 0 aliphatic carbocycles. The molecule has 0 aliphatic heterocycles. The molecule has 1 rings (SSSR count). The highest BCUT2D eigenvalue weighted by Gasteiger charge is 1.92. The highest BCUT2D eigenvalue weighted by molar-refractivity contribution is 7.80. The Morgan fingerprint density at radius 2 is 2.50 bits per heavy atom. The van der Waals surface area contributed by atoms with Gasteiger partial charge in [-0.05, 0) is 31.3 Å². The van der Waals surface area contributed by atoms with Crippen molar-refractivity contribution in [2.45, 2.75) is 6.92 Å². The first-order chi connectivity index (χ1) is 5.68. The topological polar surface area (TPSA) is 63.5 Å². The number of hydrogen-bond donors (Lipinski definition) is 2. The van der Waals surface area contributed by atoms with Crippen molar-refractivity contribution in [3.8, 4) is 0 Å². The second-order valence-electron chi connectivity index (χ2n) is 2.18. The van der Waals surface area contributed by atoms with Gasteiger partial charge in [0.05, 0.1) is 6.21 Å². The Morgan fingerprint density at radius 3 is 3.00 bits per heavy atom. The van der Waals surface area contributed by atoms with Crippen molar-refractivity contribution in [1.29, 1.82) is 0 Å². The van der Waals surface area contributed by atoms with Crippen LogP contribution in [0, 0.1) is 6.92 Å². The number of rotatable bonds is 2. The molecule has 1 aromatic rings. The van der Waals surface area contributed by atoms with Crippen LogP contribution >= 0.6 is 12.2 Å². The van der Waals surface area contributed by atoms with E-state index in [1.54, 1.807) is 6.07 Å². The first kappa shape index (κ1) is 8.73. The maximum Gasteiger partial charge on any atom is 0.184 e. The molecule has 64 valence electrons. The second-order valence-corrected chi connectivity index (χ2v) is 2.62. The van der Waals surface area contributed by atoms with Crippen LogP contribution in [0.15, 0.2) is 21.7 Å². The third-order valence-electron chi connectivity index (χ3n) is 1.13. The molecule has 0 aliphatic rings. The van der Waals surface area contributed by atoms with Crippen LogP contribution in [0.5, 0.6) is 0 Å². The van der Waals surface area contributed by atoms with Gasteiger partial charge < -0.3 is 10.2 Å². The summed E-state index contributed by atoms with van der Waals surface area (Å²) >= 11 is 4.54. The summed E-state index contributed by atoms with van der Waals surface area (Å²) in [6.45, 7) is 1.86.